The molecular weight excluding hydrogens is 487 g/mol. The first-order chi connectivity index (χ1) is 13.0. The summed E-state index contributed by atoms with van der Waals surface area (Å²) in [6.07, 6.45) is 0. The molecule has 0 bridgehead atoms. The Morgan fingerprint density at radius 1 is 1.44 bits per heavy atom. The zero-order chi connectivity index (χ0) is 19.6. The number of aromatic nitrogens is 4. The Morgan fingerprint density at radius 3 is 2.81 bits per heavy atom. The number of alkyl halides is 1. The summed E-state index contributed by atoms with van der Waals surface area (Å²) in [6.45, 7) is 3.67. The molecule has 1 unspecified atom stereocenters. The topological polar surface area (TPSA) is 94.3 Å². The largest absolute Gasteiger partial charge is 0.463 e. The van der Waals surface area contributed by atoms with Crippen molar-refractivity contribution in [2.24, 2.45) is 4.99 Å². The summed E-state index contributed by atoms with van der Waals surface area (Å²) in [7, 11) is 0. The van der Waals surface area contributed by atoms with Crippen molar-refractivity contribution in [2.75, 3.05) is 11.9 Å². The Bertz CT molecular complexity index is 943. The van der Waals surface area contributed by atoms with E-state index < -0.39 is 17.8 Å². The molecule has 0 saturated heterocycles. The number of nitrogens with zero attached hydrogens (tertiary/aromatic N) is 5. The Kier molecular flexibility index (Phi) is 6.00. The molecular formula is C16H15Br2FN6O2. The van der Waals surface area contributed by atoms with Crippen LogP contribution in [0, 0.1) is 12.7 Å². The summed E-state index contributed by atoms with van der Waals surface area (Å²) in [5, 5.41) is 14.8. The quantitative estimate of drug-likeness (QED) is 0.511. The van der Waals surface area contributed by atoms with Crippen molar-refractivity contribution in [3.05, 3.63) is 51.1 Å². The number of ether oxygens (including phenoxy) is 1. The van der Waals surface area contributed by atoms with Gasteiger partial charge in [0.1, 0.15) is 11.9 Å². The van der Waals surface area contributed by atoms with Gasteiger partial charge in [0.15, 0.2) is 5.82 Å². The molecule has 2 heterocycles. The Hall–Kier alpha value is -2.14. The molecule has 11 heteroatoms. The van der Waals surface area contributed by atoms with Gasteiger partial charge in [0.05, 0.1) is 12.2 Å². The van der Waals surface area contributed by atoms with E-state index in [4.69, 9.17) is 4.74 Å². The highest BCUT2D eigenvalue weighted by Gasteiger charge is 2.33. The number of allylic oxidation sites excluding steroid dienone is 1. The van der Waals surface area contributed by atoms with Crippen molar-refractivity contribution >= 4 is 43.8 Å². The lowest BCUT2D eigenvalue weighted by atomic mass is 9.96. The van der Waals surface area contributed by atoms with Gasteiger partial charge >= 0.3 is 5.97 Å². The van der Waals surface area contributed by atoms with Gasteiger partial charge in [0.2, 0.25) is 5.96 Å². The van der Waals surface area contributed by atoms with Gasteiger partial charge in [-0.3, -0.25) is 0 Å². The van der Waals surface area contributed by atoms with Crippen LogP contribution in [0.1, 0.15) is 24.4 Å². The van der Waals surface area contributed by atoms with Crippen molar-refractivity contribution < 1.29 is 13.9 Å². The predicted molar refractivity (Wildman–Crippen MR) is 103 cm³/mol. The summed E-state index contributed by atoms with van der Waals surface area (Å²) < 4.78 is 20.7. The van der Waals surface area contributed by atoms with E-state index in [1.54, 1.807) is 19.9 Å². The highest BCUT2D eigenvalue weighted by atomic mass is 79.9. The Morgan fingerprint density at radius 2 is 2.22 bits per heavy atom. The van der Waals surface area contributed by atoms with E-state index in [0.717, 1.165) is 0 Å². The van der Waals surface area contributed by atoms with Crippen LogP contribution in [-0.2, 0) is 9.53 Å². The maximum absolute atomic E-state index is 13.6. The lowest BCUT2D eigenvalue weighted by Gasteiger charge is -2.27. The van der Waals surface area contributed by atoms with Gasteiger partial charge in [-0.15, -0.1) is 5.10 Å². The number of halogens is 3. The first-order valence-electron chi connectivity index (χ1n) is 7.97. The zero-order valence-corrected chi connectivity index (χ0v) is 17.6. The molecule has 0 spiro atoms. The molecule has 3 rings (SSSR count). The molecule has 1 aliphatic heterocycles. The van der Waals surface area contributed by atoms with E-state index in [1.807, 2.05) is 0 Å². The number of esters is 1. The minimum Gasteiger partial charge on any atom is -0.463 e. The highest BCUT2D eigenvalue weighted by molar-refractivity contribution is 9.10. The summed E-state index contributed by atoms with van der Waals surface area (Å²) in [4.78, 5) is 17.3. The summed E-state index contributed by atoms with van der Waals surface area (Å²) >= 11 is 6.75. The second-order valence-electron chi connectivity index (χ2n) is 5.53. The van der Waals surface area contributed by atoms with E-state index in [9.17, 15) is 9.18 Å². The SMILES string of the molecule is CCOC(=O)C1=C(CBr)NC(n2nnnc2C)=NC1c1ccc(F)cc1Br. The predicted octanol–water partition coefficient (Wildman–Crippen LogP) is 2.64. The number of aliphatic imine (C=N–C) groups is 1. The van der Waals surface area contributed by atoms with Crippen LogP contribution in [-0.4, -0.2) is 44.1 Å². The number of benzene rings is 1. The molecule has 1 aliphatic rings. The van der Waals surface area contributed by atoms with Crippen LogP contribution in [0.4, 0.5) is 4.39 Å². The van der Waals surface area contributed by atoms with E-state index in [1.165, 1.54) is 16.8 Å². The number of carbonyl (C=O) groups excluding carboxylic acids is 1. The van der Waals surface area contributed by atoms with Crippen LogP contribution in [0.2, 0.25) is 0 Å². The van der Waals surface area contributed by atoms with Crippen LogP contribution in [0.5, 0.6) is 0 Å². The second-order valence-corrected chi connectivity index (χ2v) is 6.95. The molecule has 0 fully saturated rings. The molecule has 0 radical (unpaired) electrons. The fourth-order valence-electron chi connectivity index (χ4n) is 2.62. The fraction of sp³-hybridized carbons (Fsp3) is 0.312. The lowest BCUT2D eigenvalue weighted by molar-refractivity contribution is -0.138. The van der Waals surface area contributed by atoms with E-state index in [-0.39, 0.29) is 6.61 Å². The van der Waals surface area contributed by atoms with Gasteiger partial charge in [-0.05, 0) is 42.0 Å². The monoisotopic (exact) mass is 500 g/mol. The number of nitrogens with one attached hydrogen (secondary N) is 1. The van der Waals surface area contributed by atoms with Crippen molar-refractivity contribution in [1.29, 1.82) is 0 Å². The molecule has 1 atom stereocenters. The molecule has 0 aliphatic carbocycles. The van der Waals surface area contributed by atoms with E-state index in [0.29, 0.717) is 38.4 Å². The van der Waals surface area contributed by atoms with Gasteiger partial charge in [-0.1, -0.05) is 37.9 Å². The van der Waals surface area contributed by atoms with Gasteiger partial charge in [-0.2, -0.15) is 4.68 Å². The van der Waals surface area contributed by atoms with E-state index >= 15 is 0 Å². The minimum atomic E-state index is -0.730. The summed E-state index contributed by atoms with van der Waals surface area (Å²) in [5.74, 6) is -0.0349. The smallest absolute Gasteiger partial charge is 0.338 e. The summed E-state index contributed by atoms with van der Waals surface area (Å²) in [5.41, 5.74) is 1.51. The molecule has 2 aromatic rings. The molecule has 142 valence electrons. The molecule has 27 heavy (non-hydrogen) atoms. The van der Waals surface area contributed by atoms with Gasteiger partial charge in [-0.25, -0.2) is 14.2 Å². The first-order valence-corrected chi connectivity index (χ1v) is 9.89. The maximum atomic E-state index is 13.6. The molecule has 1 aromatic heterocycles. The highest BCUT2D eigenvalue weighted by Crippen LogP contribution is 2.36. The van der Waals surface area contributed by atoms with Crippen LogP contribution >= 0.6 is 31.9 Å². The molecule has 8 nitrogen and oxygen atoms in total. The number of hydrogen-bond donors (Lipinski definition) is 1. The van der Waals surface area contributed by atoms with Crippen molar-refractivity contribution in [1.82, 2.24) is 25.5 Å². The minimum absolute atomic E-state index is 0.220. The average Bonchev–Trinajstić information content (AvgIpc) is 3.06. The van der Waals surface area contributed by atoms with Gasteiger partial charge in [0, 0.05) is 15.5 Å². The number of rotatable bonds is 4. The van der Waals surface area contributed by atoms with E-state index in [2.05, 4.69) is 57.7 Å². The van der Waals surface area contributed by atoms with Gasteiger partial charge < -0.3 is 10.1 Å². The van der Waals surface area contributed by atoms with Crippen molar-refractivity contribution in [2.45, 2.75) is 19.9 Å². The van der Waals surface area contributed by atoms with Crippen LogP contribution < -0.4 is 5.32 Å². The Labute approximate surface area is 171 Å². The third-order valence-electron chi connectivity index (χ3n) is 3.82. The molecule has 0 amide bonds. The second kappa shape index (κ2) is 8.26. The number of hydrogen-bond acceptors (Lipinski definition) is 7. The molecule has 0 saturated carbocycles. The zero-order valence-electron chi connectivity index (χ0n) is 14.4. The Balaban J connectivity index is 2.17. The first kappa shape index (κ1) is 19.6. The molecule has 1 N–H and O–H groups in total. The van der Waals surface area contributed by atoms with Crippen LogP contribution in [0.15, 0.2) is 38.9 Å². The third-order valence-corrected chi connectivity index (χ3v) is 5.07. The van der Waals surface area contributed by atoms with Gasteiger partial charge in [0.25, 0.3) is 0 Å². The van der Waals surface area contributed by atoms with Crippen LogP contribution in [0.25, 0.3) is 0 Å². The molecule has 1 aromatic carbocycles. The normalized spacial score (nSPS) is 16.8. The van der Waals surface area contributed by atoms with Crippen molar-refractivity contribution in [3.8, 4) is 0 Å². The standard InChI is InChI=1S/C16H15Br2FN6O2/c1-3-27-15(26)13-12(7-17)20-16(25-8(2)22-23-24-25)21-14(13)10-5-4-9(19)6-11(10)18/h4-6,14H,3,7H2,1-2H3,(H,20,21). The summed E-state index contributed by atoms with van der Waals surface area (Å²) in [6, 6.07) is 3.49. The van der Waals surface area contributed by atoms with Crippen LogP contribution in [0.3, 0.4) is 0 Å². The lowest BCUT2D eigenvalue weighted by Crippen LogP contribution is -2.39. The number of aryl methyl sites for hydroxylation is 1. The van der Waals surface area contributed by atoms with Crippen molar-refractivity contribution in [3.63, 3.8) is 0 Å². The fourth-order valence-corrected chi connectivity index (χ4v) is 3.63. The average molecular weight is 502 g/mol. The number of carbonyl (C=O) groups is 1. The third kappa shape index (κ3) is 3.93. The number of tetrazole rings is 1. The maximum Gasteiger partial charge on any atom is 0.338 e.